The summed E-state index contributed by atoms with van der Waals surface area (Å²) >= 11 is 0. The van der Waals surface area contributed by atoms with E-state index in [1.165, 1.54) is 0 Å². The normalized spacial score (nSPS) is 12.2. The summed E-state index contributed by atoms with van der Waals surface area (Å²) < 4.78 is 1.65. The van der Waals surface area contributed by atoms with Gasteiger partial charge in [-0.25, -0.2) is 4.68 Å². The van der Waals surface area contributed by atoms with E-state index in [1.807, 2.05) is 0 Å². The number of carbonyl (C=O) groups excluding carboxylic acids is 1. The molecule has 0 radical (unpaired) electrons. The zero-order valence-electron chi connectivity index (χ0n) is 12.7. The summed E-state index contributed by atoms with van der Waals surface area (Å²) in [5, 5.41) is 17.0. The average molecular weight is 288 g/mol. The SMILES string of the molecule is CC(C)(O)C(C)(C)NC(=O)c1cc(-n2cccn2)ccn1. The van der Waals surface area contributed by atoms with E-state index >= 15 is 0 Å². The van der Waals surface area contributed by atoms with Crippen LogP contribution in [0.4, 0.5) is 0 Å². The molecule has 0 saturated carbocycles. The quantitative estimate of drug-likeness (QED) is 0.894. The fourth-order valence-corrected chi connectivity index (χ4v) is 1.61. The van der Waals surface area contributed by atoms with E-state index in [-0.39, 0.29) is 11.6 Å². The minimum Gasteiger partial charge on any atom is -0.388 e. The number of amides is 1. The highest BCUT2D eigenvalue weighted by molar-refractivity contribution is 5.93. The summed E-state index contributed by atoms with van der Waals surface area (Å²) in [4.78, 5) is 16.4. The van der Waals surface area contributed by atoms with Gasteiger partial charge in [0.2, 0.25) is 0 Å². The van der Waals surface area contributed by atoms with Gasteiger partial charge in [0.05, 0.1) is 16.8 Å². The van der Waals surface area contributed by atoms with Crippen LogP contribution in [0.3, 0.4) is 0 Å². The number of rotatable bonds is 4. The topological polar surface area (TPSA) is 80.0 Å². The lowest BCUT2D eigenvalue weighted by Gasteiger charge is -2.37. The molecule has 0 aromatic carbocycles. The van der Waals surface area contributed by atoms with Crippen molar-refractivity contribution in [2.24, 2.45) is 0 Å². The van der Waals surface area contributed by atoms with Crippen LogP contribution in [-0.2, 0) is 0 Å². The lowest BCUT2D eigenvalue weighted by molar-refractivity contribution is -0.00302. The first-order chi connectivity index (χ1) is 9.71. The molecule has 0 aliphatic heterocycles. The predicted octanol–water partition coefficient (Wildman–Crippen LogP) is 1.55. The van der Waals surface area contributed by atoms with Gasteiger partial charge < -0.3 is 10.4 Å². The van der Waals surface area contributed by atoms with Crippen molar-refractivity contribution in [2.45, 2.75) is 38.8 Å². The Morgan fingerprint density at radius 2 is 2.00 bits per heavy atom. The second-order valence-electron chi connectivity index (χ2n) is 5.99. The highest BCUT2D eigenvalue weighted by atomic mass is 16.3. The molecule has 0 bridgehead atoms. The molecular weight excluding hydrogens is 268 g/mol. The maximum Gasteiger partial charge on any atom is 0.270 e. The van der Waals surface area contributed by atoms with Crippen LogP contribution in [-0.4, -0.2) is 36.9 Å². The maximum absolute atomic E-state index is 12.3. The van der Waals surface area contributed by atoms with Crippen LogP contribution >= 0.6 is 0 Å². The number of aromatic nitrogens is 3. The van der Waals surface area contributed by atoms with Gasteiger partial charge in [0.15, 0.2) is 0 Å². The summed E-state index contributed by atoms with van der Waals surface area (Å²) in [5.41, 5.74) is -0.808. The first-order valence-corrected chi connectivity index (χ1v) is 6.72. The Kier molecular flexibility index (Phi) is 3.82. The van der Waals surface area contributed by atoms with Gasteiger partial charge in [-0.3, -0.25) is 9.78 Å². The lowest BCUT2D eigenvalue weighted by atomic mass is 9.86. The average Bonchev–Trinajstić information content (AvgIpc) is 2.91. The Bertz CT molecular complexity index is 627. The molecule has 2 rings (SSSR count). The Labute approximate surface area is 123 Å². The van der Waals surface area contributed by atoms with Crippen LogP contribution in [0.25, 0.3) is 5.69 Å². The number of nitrogens with one attached hydrogen (secondary N) is 1. The number of hydrogen-bond donors (Lipinski definition) is 2. The van der Waals surface area contributed by atoms with Gasteiger partial charge in [-0.05, 0) is 45.9 Å². The molecule has 0 fully saturated rings. The van der Waals surface area contributed by atoms with Crippen molar-refractivity contribution in [3.63, 3.8) is 0 Å². The maximum atomic E-state index is 12.3. The van der Waals surface area contributed by atoms with Crippen LogP contribution in [0, 0.1) is 0 Å². The molecule has 21 heavy (non-hydrogen) atoms. The van der Waals surface area contributed by atoms with E-state index < -0.39 is 11.1 Å². The Morgan fingerprint density at radius 3 is 2.57 bits per heavy atom. The summed E-state index contributed by atoms with van der Waals surface area (Å²) in [6, 6.07) is 5.23. The van der Waals surface area contributed by atoms with Crippen LogP contribution in [0.2, 0.25) is 0 Å². The van der Waals surface area contributed by atoms with E-state index in [4.69, 9.17) is 0 Å². The van der Waals surface area contributed by atoms with Crippen molar-refractivity contribution in [1.29, 1.82) is 0 Å². The molecule has 6 heteroatoms. The van der Waals surface area contributed by atoms with Crippen molar-refractivity contribution < 1.29 is 9.90 Å². The molecule has 1 amide bonds. The largest absolute Gasteiger partial charge is 0.388 e. The van der Waals surface area contributed by atoms with Gasteiger partial charge in [-0.2, -0.15) is 5.10 Å². The highest BCUT2D eigenvalue weighted by Gasteiger charge is 2.36. The van der Waals surface area contributed by atoms with Gasteiger partial charge in [-0.15, -0.1) is 0 Å². The van der Waals surface area contributed by atoms with Crippen molar-refractivity contribution in [3.8, 4) is 5.69 Å². The third kappa shape index (κ3) is 3.28. The van der Waals surface area contributed by atoms with Gasteiger partial charge in [0, 0.05) is 18.6 Å². The number of carbonyl (C=O) groups is 1. The Balaban J connectivity index is 2.23. The molecule has 2 aromatic heterocycles. The summed E-state index contributed by atoms with van der Waals surface area (Å²) in [5.74, 6) is -0.337. The molecule has 2 aromatic rings. The van der Waals surface area contributed by atoms with Crippen LogP contribution in [0.15, 0.2) is 36.8 Å². The zero-order valence-corrected chi connectivity index (χ0v) is 12.7. The molecule has 6 nitrogen and oxygen atoms in total. The number of hydrogen-bond acceptors (Lipinski definition) is 4. The molecule has 112 valence electrons. The molecular formula is C15H20N4O2. The minimum absolute atomic E-state index is 0.278. The first-order valence-electron chi connectivity index (χ1n) is 6.72. The van der Waals surface area contributed by atoms with E-state index in [1.54, 1.807) is 69.2 Å². The van der Waals surface area contributed by atoms with E-state index in [0.717, 1.165) is 5.69 Å². The lowest BCUT2D eigenvalue weighted by Crippen LogP contribution is -2.57. The molecule has 0 unspecified atom stereocenters. The molecule has 0 atom stereocenters. The number of pyridine rings is 1. The van der Waals surface area contributed by atoms with Crippen LogP contribution in [0.1, 0.15) is 38.2 Å². The second kappa shape index (κ2) is 5.29. The fourth-order valence-electron chi connectivity index (χ4n) is 1.61. The van der Waals surface area contributed by atoms with Crippen molar-refractivity contribution in [2.75, 3.05) is 0 Å². The van der Waals surface area contributed by atoms with Crippen molar-refractivity contribution >= 4 is 5.91 Å². The number of aliphatic hydroxyl groups is 1. The van der Waals surface area contributed by atoms with Gasteiger partial charge in [-0.1, -0.05) is 0 Å². The Morgan fingerprint density at radius 1 is 1.29 bits per heavy atom. The van der Waals surface area contributed by atoms with E-state index in [9.17, 15) is 9.90 Å². The fraction of sp³-hybridized carbons (Fsp3) is 0.400. The molecule has 0 aliphatic rings. The summed E-state index contributed by atoms with van der Waals surface area (Å²) in [7, 11) is 0. The minimum atomic E-state index is -1.05. The van der Waals surface area contributed by atoms with Gasteiger partial charge in [0.1, 0.15) is 5.69 Å². The van der Waals surface area contributed by atoms with Gasteiger partial charge in [0.25, 0.3) is 5.91 Å². The van der Waals surface area contributed by atoms with Gasteiger partial charge >= 0.3 is 0 Å². The zero-order chi connectivity index (χ0) is 15.7. The Hall–Kier alpha value is -2.21. The standard InChI is InChI=1S/C15H20N4O2/c1-14(2,15(3,4)21)18-13(20)12-10-11(6-8-16-12)19-9-5-7-17-19/h5-10,21H,1-4H3,(H,18,20). The first kappa shape index (κ1) is 15.2. The highest BCUT2D eigenvalue weighted by Crippen LogP contribution is 2.21. The third-order valence-corrected chi connectivity index (χ3v) is 3.70. The molecule has 0 saturated heterocycles. The molecule has 2 heterocycles. The van der Waals surface area contributed by atoms with E-state index in [0.29, 0.717) is 0 Å². The van der Waals surface area contributed by atoms with Crippen LogP contribution < -0.4 is 5.32 Å². The van der Waals surface area contributed by atoms with Crippen molar-refractivity contribution in [3.05, 3.63) is 42.5 Å². The monoisotopic (exact) mass is 288 g/mol. The summed E-state index contributed by atoms with van der Waals surface area (Å²) in [6.07, 6.45) is 5.01. The molecule has 2 N–H and O–H groups in total. The molecule has 0 aliphatic carbocycles. The van der Waals surface area contributed by atoms with Crippen LogP contribution in [0.5, 0.6) is 0 Å². The molecule has 0 spiro atoms. The van der Waals surface area contributed by atoms with E-state index in [2.05, 4.69) is 15.4 Å². The van der Waals surface area contributed by atoms with Crippen molar-refractivity contribution in [1.82, 2.24) is 20.1 Å². The summed E-state index contributed by atoms with van der Waals surface area (Å²) in [6.45, 7) is 6.84. The second-order valence-corrected chi connectivity index (χ2v) is 5.99. The third-order valence-electron chi connectivity index (χ3n) is 3.70. The smallest absolute Gasteiger partial charge is 0.270 e. The number of nitrogens with zero attached hydrogens (tertiary/aromatic N) is 3. The predicted molar refractivity (Wildman–Crippen MR) is 79.2 cm³/mol.